The fourth-order valence-corrected chi connectivity index (χ4v) is 3.11. The molecular weight excluding hydrogens is 260 g/mol. The number of nitrogens with zero attached hydrogens (tertiary/aromatic N) is 2. The van der Waals surface area contributed by atoms with Crippen molar-refractivity contribution in [1.29, 1.82) is 5.26 Å². The number of nitriles is 1. The maximum Gasteiger partial charge on any atom is 0.243 e. The Bertz CT molecular complexity index is 519. The van der Waals surface area contributed by atoms with Crippen molar-refractivity contribution in [2.45, 2.75) is 52.0 Å². The van der Waals surface area contributed by atoms with Gasteiger partial charge in [-0.05, 0) is 25.3 Å². The number of carbonyl (C=O) groups excluding carboxylic acids is 1. The summed E-state index contributed by atoms with van der Waals surface area (Å²) >= 11 is 0. The topological polar surface area (TPSA) is 44.1 Å². The SMILES string of the molecule is Cc1ccc(CN(C)C(=O)C2(C#N)CCCCCC2)cc1. The van der Waals surface area contributed by atoms with Crippen LogP contribution >= 0.6 is 0 Å². The lowest BCUT2D eigenvalue weighted by atomic mass is 9.80. The van der Waals surface area contributed by atoms with Crippen molar-refractivity contribution in [1.82, 2.24) is 4.90 Å². The minimum Gasteiger partial charge on any atom is -0.340 e. The Balaban J connectivity index is 2.09. The Labute approximate surface area is 127 Å². The molecule has 0 N–H and O–H groups in total. The van der Waals surface area contributed by atoms with Crippen molar-refractivity contribution in [3.8, 4) is 6.07 Å². The summed E-state index contributed by atoms with van der Waals surface area (Å²) < 4.78 is 0. The first kappa shape index (κ1) is 15.6. The van der Waals surface area contributed by atoms with Crippen molar-refractivity contribution in [3.05, 3.63) is 35.4 Å². The third-order valence-corrected chi connectivity index (χ3v) is 4.47. The highest BCUT2D eigenvalue weighted by atomic mass is 16.2. The van der Waals surface area contributed by atoms with Crippen molar-refractivity contribution in [3.63, 3.8) is 0 Å². The summed E-state index contributed by atoms with van der Waals surface area (Å²) in [7, 11) is 1.81. The molecule has 3 nitrogen and oxygen atoms in total. The van der Waals surface area contributed by atoms with Crippen LogP contribution < -0.4 is 0 Å². The Morgan fingerprint density at radius 1 is 1.19 bits per heavy atom. The molecule has 112 valence electrons. The number of rotatable bonds is 3. The van der Waals surface area contributed by atoms with E-state index in [9.17, 15) is 10.1 Å². The van der Waals surface area contributed by atoms with Crippen LogP contribution in [0.5, 0.6) is 0 Å². The predicted octanol–water partition coefficient (Wildman–Crippen LogP) is 3.82. The van der Waals surface area contributed by atoms with Crippen LogP contribution in [0.4, 0.5) is 0 Å². The van der Waals surface area contributed by atoms with E-state index in [-0.39, 0.29) is 5.91 Å². The summed E-state index contributed by atoms with van der Waals surface area (Å²) in [6, 6.07) is 10.5. The summed E-state index contributed by atoms with van der Waals surface area (Å²) in [4.78, 5) is 14.5. The number of benzene rings is 1. The lowest BCUT2D eigenvalue weighted by Gasteiger charge is -2.29. The first-order chi connectivity index (χ1) is 10.1. The molecule has 0 aromatic heterocycles. The Morgan fingerprint density at radius 2 is 1.76 bits per heavy atom. The molecule has 0 radical (unpaired) electrons. The van der Waals surface area contributed by atoms with Gasteiger partial charge in [0.25, 0.3) is 0 Å². The van der Waals surface area contributed by atoms with E-state index < -0.39 is 5.41 Å². The molecule has 0 unspecified atom stereocenters. The van der Waals surface area contributed by atoms with Crippen molar-refractivity contribution < 1.29 is 4.79 Å². The lowest BCUT2D eigenvalue weighted by Crippen LogP contribution is -2.40. The molecule has 0 atom stereocenters. The second-order valence-electron chi connectivity index (χ2n) is 6.25. The van der Waals surface area contributed by atoms with Crippen LogP contribution in [0.15, 0.2) is 24.3 Å². The average Bonchev–Trinajstić information content (AvgIpc) is 2.75. The molecule has 0 heterocycles. The molecule has 1 aromatic rings. The third kappa shape index (κ3) is 3.64. The Morgan fingerprint density at radius 3 is 2.29 bits per heavy atom. The van der Waals surface area contributed by atoms with Gasteiger partial charge in [-0.15, -0.1) is 0 Å². The molecule has 1 fully saturated rings. The van der Waals surface area contributed by atoms with Gasteiger partial charge in [0.1, 0.15) is 5.41 Å². The largest absolute Gasteiger partial charge is 0.340 e. The van der Waals surface area contributed by atoms with Crippen molar-refractivity contribution in [2.24, 2.45) is 5.41 Å². The van der Waals surface area contributed by atoms with Gasteiger partial charge in [0, 0.05) is 13.6 Å². The van der Waals surface area contributed by atoms with E-state index >= 15 is 0 Å². The van der Waals surface area contributed by atoms with E-state index in [2.05, 4.69) is 25.1 Å². The quantitative estimate of drug-likeness (QED) is 0.792. The lowest BCUT2D eigenvalue weighted by molar-refractivity contribution is -0.138. The summed E-state index contributed by atoms with van der Waals surface area (Å²) in [5.41, 5.74) is 1.53. The van der Waals surface area contributed by atoms with E-state index in [1.807, 2.05) is 19.2 Å². The van der Waals surface area contributed by atoms with Gasteiger partial charge in [-0.2, -0.15) is 5.26 Å². The van der Waals surface area contributed by atoms with E-state index in [4.69, 9.17) is 0 Å². The van der Waals surface area contributed by atoms with Crippen molar-refractivity contribution in [2.75, 3.05) is 7.05 Å². The van der Waals surface area contributed by atoms with Gasteiger partial charge in [0.05, 0.1) is 6.07 Å². The summed E-state index contributed by atoms with van der Waals surface area (Å²) in [5.74, 6) is -0.00697. The third-order valence-electron chi connectivity index (χ3n) is 4.47. The highest BCUT2D eigenvalue weighted by molar-refractivity contribution is 5.85. The fourth-order valence-electron chi connectivity index (χ4n) is 3.11. The molecule has 0 bridgehead atoms. The van der Waals surface area contributed by atoms with E-state index in [0.717, 1.165) is 31.2 Å². The summed E-state index contributed by atoms with van der Waals surface area (Å²) in [6.07, 6.45) is 5.66. The molecule has 0 spiro atoms. The van der Waals surface area contributed by atoms with Gasteiger partial charge < -0.3 is 4.90 Å². The van der Waals surface area contributed by atoms with Gasteiger partial charge in [-0.1, -0.05) is 55.5 Å². The number of aryl methyl sites for hydroxylation is 1. The van der Waals surface area contributed by atoms with Gasteiger partial charge in [-0.3, -0.25) is 4.79 Å². The van der Waals surface area contributed by atoms with E-state index in [0.29, 0.717) is 19.4 Å². The second kappa shape index (κ2) is 6.76. The van der Waals surface area contributed by atoms with Crippen LogP contribution in [0.2, 0.25) is 0 Å². The van der Waals surface area contributed by atoms with Crippen LogP contribution in [-0.2, 0) is 11.3 Å². The molecule has 1 aromatic carbocycles. The maximum absolute atomic E-state index is 12.8. The monoisotopic (exact) mass is 284 g/mol. The van der Waals surface area contributed by atoms with Gasteiger partial charge in [0.2, 0.25) is 5.91 Å². The van der Waals surface area contributed by atoms with Crippen molar-refractivity contribution >= 4 is 5.91 Å². The van der Waals surface area contributed by atoms with Crippen LogP contribution in [0.3, 0.4) is 0 Å². The predicted molar refractivity (Wildman–Crippen MR) is 83.4 cm³/mol. The van der Waals surface area contributed by atoms with Crippen LogP contribution in [0.1, 0.15) is 49.7 Å². The smallest absolute Gasteiger partial charge is 0.243 e. The van der Waals surface area contributed by atoms with Crippen LogP contribution in [0.25, 0.3) is 0 Å². The minimum atomic E-state index is -0.796. The molecule has 0 aliphatic heterocycles. The Hall–Kier alpha value is -1.82. The second-order valence-corrected chi connectivity index (χ2v) is 6.25. The molecular formula is C18H24N2O. The first-order valence-electron chi connectivity index (χ1n) is 7.80. The zero-order valence-corrected chi connectivity index (χ0v) is 13.1. The highest BCUT2D eigenvalue weighted by Gasteiger charge is 2.40. The van der Waals surface area contributed by atoms with E-state index in [1.165, 1.54) is 5.56 Å². The first-order valence-corrected chi connectivity index (χ1v) is 7.80. The molecule has 2 rings (SSSR count). The summed E-state index contributed by atoms with van der Waals surface area (Å²) in [5, 5.41) is 9.59. The maximum atomic E-state index is 12.8. The molecule has 1 saturated carbocycles. The van der Waals surface area contributed by atoms with E-state index in [1.54, 1.807) is 4.90 Å². The Kier molecular flexibility index (Phi) is 5.01. The molecule has 0 saturated heterocycles. The molecule has 1 aliphatic carbocycles. The molecule has 3 heteroatoms. The van der Waals surface area contributed by atoms with Gasteiger partial charge in [0.15, 0.2) is 0 Å². The van der Waals surface area contributed by atoms with Gasteiger partial charge in [-0.25, -0.2) is 0 Å². The standard InChI is InChI=1S/C18H24N2O/c1-15-7-9-16(10-8-15)13-20(2)17(21)18(14-19)11-5-3-4-6-12-18/h7-10H,3-6,11-13H2,1-2H3. The zero-order chi connectivity index (χ0) is 15.3. The van der Waals surface area contributed by atoms with Crippen LogP contribution in [-0.4, -0.2) is 17.9 Å². The zero-order valence-electron chi connectivity index (χ0n) is 13.1. The van der Waals surface area contributed by atoms with Crippen LogP contribution in [0, 0.1) is 23.7 Å². The molecule has 21 heavy (non-hydrogen) atoms. The number of hydrogen-bond acceptors (Lipinski definition) is 2. The molecule has 1 amide bonds. The van der Waals surface area contributed by atoms with Gasteiger partial charge >= 0.3 is 0 Å². The highest BCUT2D eigenvalue weighted by Crippen LogP contribution is 2.36. The molecule has 1 aliphatic rings. The fraction of sp³-hybridized carbons (Fsp3) is 0.556. The number of amides is 1. The minimum absolute atomic E-state index is 0.00697. The average molecular weight is 284 g/mol. The normalized spacial score (nSPS) is 17.6. The summed E-state index contributed by atoms with van der Waals surface area (Å²) in [6.45, 7) is 2.62. The number of hydrogen-bond donors (Lipinski definition) is 0. The number of carbonyl (C=O) groups is 1.